The minimum absolute atomic E-state index is 0.685. The molecule has 0 bridgehead atoms. The van der Waals surface area contributed by atoms with Crippen molar-refractivity contribution >= 4 is 21.9 Å². The lowest BCUT2D eigenvalue weighted by Crippen LogP contribution is -2.11. The van der Waals surface area contributed by atoms with Gasteiger partial charge in [0.05, 0.1) is 29.8 Å². The maximum atomic E-state index is 5.25. The van der Waals surface area contributed by atoms with Crippen molar-refractivity contribution in [2.24, 2.45) is 0 Å². The first kappa shape index (κ1) is 19.4. The van der Waals surface area contributed by atoms with Gasteiger partial charge in [0.15, 0.2) is 5.82 Å². The van der Waals surface area contributed by atoms with Gasteiger partial charge < -0.3 is 14.7 Å². The van der Waals surface area contributed by atoms with Crippen LogP contribution in [0.15, 0.2) is 72.1 Å². The summed E-state index contributed by atoms with van der Waals surface area (Å²) in [4.78, 5) is 17.0. The fourth-order valence-corrected chi connectivity index (χ4v) is 4.06. The molecule has 0 radical (unpaired) electrons. The fourth-order valence-electron chi connectivity index (χ4n) is 4.06. The number of hydrogen-bond donors (Lipinski definition) is 3. The number of benzene rings is 1. The van der Waals surface area contributed by atoms with Crippen LogP contribution in [0.4, 0.5) is 0 Å². The third-order valence-electron chi connectivity index (χ3n) is 5.72. The lowest BCUT2D eigenvalue weighted by atomic mass is 10.0. The van der Waals surface area contributed by atoms with E-state index in [0.29, 0.717) is 5.82 Å². The Morgan fingerprint density at radius 3 is 2.76 bits per heavy atom. The van der Waals surface area contributed by atoms with Crippen LogP contribution in [0, 0.1) is 0 Å². The molecule has 0 atom stereocenters. The SMILES string of the molecule is CCNCc1cncc(-c2ccc3[nH]nc(-c4nc5c(-c6ccoc6)cncc5[nH]4)c3c2)c1. The Morgan fingerprint density at radius 2 is 1.88 bits per heavy atom. The van der Waals surface area contributed by atoms with Gasteiger partial charge in [-0.1, -0.05) is 13.0 Å². The van der Waals surface area contributed by atoms with Gasteiger partial charge in [0, 0.05) is 47.2 Å². The average Bonchev–Trinajstić information content (AvgIpc) is 3.61. The third kappa shape index (κ3) is 3.46. The van der Waals surface area contributed by atoms with Crippen LogP contribution in [0.2, 0.25) is 0 Å². The predicted molar refractivity (Wildman–Crippen MR) is 127 cm³/mol. The van der Waals surface area contributed by atoms with Crippen molar-refractivity contribution in [1.82, 2.24) is 35.5 Å². The van der Waals surface area contributed by atoms with E-state index in [0.717, 1.165) is 68.5 Å². The number of imidazole rings is 1. The van der Waals surface area contributed by atoms with Crippen molar-refractivity contribution in [3.8, 4) is 33.8 Å². The van der Waals surface area contributed by atoms with Crippen LogP contribution >= 0.6 is 0 Å². The highest BCUT2D eigenvalue weighted by Crippen LogP contribution is 2.32. The van der Waals surface area contributed by atoms with Crippen LogP contribution in [0.25, 0.3) is 55.7 Å². The maximum Gasteiger partial charge on any atom is 0.159 e. The highest BCUT2D eigenvalue weighted by molar-refractivity contribution is 5.97. The summed E-state index contributed by atoms with van der Waals surface area (Å²) in [6, 6.07) is 10.3. The van der Waals surface area contributed by atoms with Crippen LogP contribution < -0.4 is 5.32 Å². The Hall–Kier alpha value is -4.30. The number of nitrogens with zero attached hydrogens (tertiary/aromatic N) is 4. The largest absolute Gasteiger partial charge is 0.472 e. The van der Waals surface area contributed by atoms with Crippen molar-refractivity contribution in [2.45, 2.75) is 13.5 Å². The predicted octanol–water partition coefficient (Wildman–Crippen LogP) is 4.93. The van der Waals surface area contributed by atoms with E-state index >= 15 is 0 Å². The molecule has 0 fully saturated rings. The average molecular weight is 435 g/mol. The standard InChI is InChI=1S/C25H21N7O/c1-2-26-9-15-7-18(11-27-10-15)16-3-4-21-19(8-16)24(32-31-21)25-29-22-13-28-12-20(23(22)30-25)17-5-6-33-14-17/h3-8,10-14,26H,2,9H2,1H3,(H,29,30)(H,31,32). The summed E-state index contributed by atoms with van der Waals surface area (Å²) >= 11 is 0. The molecule has 1 aromatic carbocycles. The van der Waals surface area contributed by atoms with E-state index in [1.807, 2.05) is 24.5 Å². The first-order chi connectivity index (χ1) is 16.3. The zero-order valence-electron chi connectivity index (χ0n) is 18.0. The second-order valence-electron chi connectivity index (χ2n) is 7.88. The molecule has 6 rings (SSSR count). The van der Waals surface area contributed by atoms with Crippen LogP contribution in [0.1, 0.15) is 12.5 Å². The molecule has 6 aromatic rings. The summed E-state index contributed by atoms with van der Waals surface area (Å²) in [6.45, 7) is 3.81. The van der Waals surface area contributed by atoms with Crippen LogP contribution in [0.3, 0.4) is 0 Å². The van der Waals surface area contributed by atoms with E-state index in [2.05, 4.69) is 55.6 Å². The highest BCUT2D eigenvalue weighted by Gasteiger charge is 2.16. The van der Waals surface area contributed by atoms with E-state index in [1.54, 1.807) is 24.9 Å². The Bertz CT molecular complexity index is 1560. The molecule has 0 amide bonds. The molecule has 8 nitrogen and oxygen atoms in total. The Kier molecular flexibility index (Phi) is 4.70. The highest BCUT2D eigenvalue weighted by atomic mass is 16.3. The van der Waals surface area contributed by atoms with Crippen molar-refractivity contribution in [2.75, 3.05) is 6.54 Å². The van der Waals surface area contributed by atoms with Gasteiger partial charge in [-0.25, -0.2) is 4.98 Å². The molecule has 5 aromatic heterocycles. The molecular formula is C25H21N7O. The van der Waals surface area contributed by atoms with Crippen LogP contribution in [-0.4, -0.2) is 36.7 Å². The number of fused-ring (bicyclic) bond motifs is 2. The summed E-state index contributed by atoms with van der Waals surface area (Å²) in [5.74, 6) is 0.685. The van der Waals surface area contributed by atoms with Crippen LogP contribution in [-0.2, 0) is 6.54 Å². The number of furan rings is 1. The number of aromatic amines is 2. The van der Waals surface area contributed by atoms with Gasteiger partial charge in [-0.15, -0.1) is 0 Å². The maximum absolute atomic E-state index is 5.25. The molecule has 3 N–H and O–H groups in total. The summed E-state index contributed by atoms with van der Waals surface area (Å²) in [5.41, 5.74) is 8.52. The molecule has 0 aliphatic carbocycles. The summed E-state index contributed by atoms with van der Waals surface area (Å²) < 4.78 is 5.25. The zero-order valence-corrected chi connectivity index (χ0v) is 18.0. The summed E-state index contributed by atoms with van der Waals surface area (Å²) in [7, 11) is 0. The van der Waals surface area contributed by atoms with Crippen molar-refractivity contribution in [1.29, 1.82) is 0 Å². The Balaban J connectivity index is 1.44. The van der Waals surface area contributed by atoms with Gasteiger partial charge >= 0.3 is 0 Å². The smallest absolute Gasteiger partial charge is 0.159 e. The quantitative estimate of drug-likeness (QED) is 0.342. The third-order valence-corrected chi connectivity index (χ3v) is 5.72. The lowest BCUT2D eigenvalue weighted by Gasteiger charge is -2.06. The van der Waals surface area contributed by atoms with Gasteiger partial charge in [0.1, 0.15) is 11.2 Å². The second kappa shape index (κ2) is 7.99. The topological polar surface area (TPSA) is 108 Å². The minimum Gasteiger partial charge on any atom is -0.472 e. The molecule has 0 aliphatic heterocycles. The molecule has 0 saturated carbocycles. The molecule has 162 valence electrons. The van der Waals surface area contributed by atoms with Gasteiger partial charge in [0.2, 0.25) is 0 Å². The number of nitrogens with one attached hydrogen (secondary N) is 3. The fraction of sp³-hybridized carbons (Fsp3) is 0.120. The molecule has 0 unspecified atom stereocenters. The van der Waals surface area contributed by atoms with Gasteiger partial charge in [-0.05, 0) is 41.9 Å². The first-order valence-electron chi connectivity index (χ1n) is 10.8. The number of H-pyrrole nitrogens is 2. The zero-order chi connectivity index (χ0) is 22.2. The van der Waals surface area contributed by atoms with Crippen molar-refractivity contribution < 1.29 is 4.42 Å². The molecule has 0 spiro atoms. The summed E-state index contributed by atoms with van der Waals surface area (Å²) in [5, 5.41) is 12.0. The van der Waals surface area contributed by atoms with Gasteiger partial charge in [-0.3, -0.25) is 15.1 Å². The molecule has 0 saturated heterocycles. The number of pyridine rings is 2. The molecule has 8 heteroatoms. The Morgan fingerprint density at radius 1 is 0.939 bits per heavy atom. The molecular weight excluding hydrogens is 414 g/mol. The Labute approximate surface area is 189 Å². The monoisotopic (exact) mass is 435 g/mol. The van der Waals surface area contributed by atoms with E-state index < -0.39 is 0 Å². The number of hydrogen-bond acceptors (Lipinski definition) is 6. The van der Waals surface area contributed by atoms with E-state index in [4.69, 9.17) is 9.40 Å². The van der Waals surface area contributed by atoms with E-state index in [1.165, 1.54) is 0 Å². The van der Waals surface area contributed by atoms with E-state index in [9.17, 15) is 0 Å². The minimum atomic E-state index is 0.685. The number of rotatable bonds is 6. The number of aromatic nitrogens is 6. The van der Waals surface area contributed by atoms with Crippen molar-refractivity contribution in [3.05, 3.63) is 73.2 Å². The van der Waals surface area contributed by atoms with E-state index in [-0.39, 0.29) is 0 Å². The van der Waals surface area contributed by atoms with Gasteiger partial charge in [0.25, 0.3) is 0 Å². The molecule has 0 aliphatic rings. The lowest BCUT2D eigenvalue weighted by molar-refractivity contribution is 0.568. The van der Waals surface area contributed by atoms with Crippen LogP contribution in [0.5, 0.6) is 0 Å². The van der Waals surface area contributed by atoms with Crippen molar-refractivity contribution in [3.63, 3.8) is 0 Å². The van der Waals surface area contributed by atoms with Gasteiger partial charge in [-0.2, -0.15) is 5.10 Å². The molecule has 33 heavy (non-hydrogen) atoms. The normalized spacial score (nSPS) is 11.5. The summed E-state index contributed by atoms with van der Waals surface area (Å²) in [6.07, 6.45) is 10.7. The second-order valence-corrected chi connectivity index (χ2v) is 7.88. The molecule has 5 heterocycles. The first-order valence-corrected chi connectivity index (χ1v) is 10.8.